The van der Waals surface area contributed by atoms with E-state index in [1.807, 2.05) is 37.3 Å². The van der Waals surface area contributed by atoms with Crippen LogP contribution >= 0.6 is 0 Å². The maximum Gasteiger partial charge on any atom is 0.228 e. The number of H-pyrrole nitrogens is 1. The van der Waals surface area contributed by atoms with E-state index in [1.165, 1.54) is 12.8 Å². The third-order valence-corrected chi connectivity index (χ3v) is 4.01. The van der Waals surface area contributed by atoms with Gasteiger partial charge in [-0.2, -0.15) is 5.10 Å². The summed E-state index contributed by atoms with van der Waals surface area (Å²) in [7, 11) is 1.64. The van der Waals surface area contributed by atoms with Crippen molar-refractivity contribution in [3.8, 4) is 5.75 Å². The van der Waals surface area contributed by atoms with Crippen LogP contribution in [-0.2, 0) is 11.2 Å². The van der Waals surface area contributed by atoms with Crippen LogP contribution in [0.5, 0.6) is 5.75 Å². The van der Waals surface area contributed by atoms with Gasteiger partial charge >= 0.3 is 0 Å². The molecule has 1 fully saturated rings. The van der Waals surface area contributed by atoms with Gasteiger partial charge in [0.25, 0.3) is 0 Å². The number of benzene rings is 1. The van der Waals surface area contributed by atoms with E-state index in [4.69, 9.17) is 4.74 Å². The highest BCUT2D eigenvalue weighted by atomic mass is 16.5. The van der Waals surface area contributed by atoms with Crippen molar-refractivity contribution in [3.05, 3.63) is 41.6 Å². The highest BCUT2D eigenvalue weighted by Gasteiger charge is 2.26. The Morgan fingerprint density at radius 2 is 2.14 bits per heavy atom. The third-order valence-electron chi connectivity index (χ3n) is 4.01. The fraction of sp³-hybridized carbons (Fsp3) is 0.412. The van der Waals surface area contributed by atoms with E-state index in [1.54, 1.807) is 7.11 Å². The molecule has 2 N–H and O–H groups in total. The number of carbonyl (C=O) groups is 1. The number of aromatic nitrogens is 2. The van der Waals surface area contributed by atoms with Crippen molar-refractivity contribution in [1.82, 2.24) is 10.2 Å². The quantitative estimate of drug-likeness (QED) is 0.861. The van der Waals surface area contributed by atoms with Crippen molar-refractivity contribution < 1.29 is 9.53 Å². The van der Waals surface area contributed by atoms with Gasteiger partial charge < -0.3 is 10.1 Å². The smallest absolute Gasteiger partial charge is 0.228 e. The zero-order valence-corrected chi connectivity index (χ0v) is 12.9. The van der Waals surface area contributed by atoms with Gasteiger partial charge in [-0.05, 0) is 37.0 Å². The van der Waals surface area contributed by atoms with Crippen LogP contribution in [0.2, 0.25) is 0 Å². The van der Waals surface area contributed by atoms with Gasteiger partial charge in [0.1, 0.15) is 5.75 Å². The van der Waals surface area contributed by atoms with Crippen LogP contribution in [0.25, 0.3) is 0 Å². The third kappa shape index (κ3) is 3.47. The van der Waals surface area contributed by atoms with E-state index in [-0.39, 0.29) is 11.8 Å². The molecule has 1 aliphatic rings. The molecule has 5 nitrogen and oxygen atoms in total. The zero-order valence-electron chi connectivity index (χ0n) is 12.9. The molecule has 5 heteroatoms. The zero-order chi connectivity index (χ0) is 15.5. The number of amides is 1. The number of rotatable bonds is 6. The average Bonchev–Trinajstić information content (AvgIpc) is 3.28. The summed E-state index contributed by atoms with van der Waals surface area (Å²) in [5, 5.41) is 10.0. The number of hydrogen-bond acceptors (Lipinski definition) is 3. The summed E-state index contributed by atoms with van der Waals surface area (Å²) in [5.74, 6) is 1.92. The van der Waals surface area contributed by atoms with Crippen molar-refractivity contribution in [2.24, 2.45) is 5.92 Å². The molecule has 1 amide bonds. The summed E-state index contributed by atoms with van der Waals surface area (Å²) < 4.78 is 5.14. The number of nitrogens with one attached hydrogen (secondary N) is 2. The van der Waals surface area contributed by atoms with E-state index in [0.717, 1.165) is 17.0 Å². The van der Waals surface area contributed by atoms with E-state index < -0.39 is 0 Å². The molecular weight excluding hydrogens is 278 g/mol. The Balaban J connectivity index is 1.55. The van der Waals surface area contributed by atoms with E-state index in [0.29, 0.717) is 18.2 Å². The van der Waals surface area contributed by atoms with Crippen molar-refractivity contribution in [1.29, 1.82) is 0 Å². The van der Waals surface area contributed by atoms with E-state index in [2.05, 4.69) is 15.5 Å². The lowest BCUT2D eigenvalue weighted by molar-refractivity contribution is -0.119. The number of aromatic amines is 1. The monoisotopic (exact) mass is 299 g/mol. The Morgan fingerprint density at radius 1 is 1.41 bits per heavy atom. The Labute approximate surface area is 130 Å². The summed E-state index contributed by atoms with van der Waals surface area (Å²) in [6.07, 6.45) is 3.11. The van der Waals surface area contributed by atoms with Crippen molar-refractivity contribution >= 4 is 11.7 Å². The first-order valence-corrected chi connectivity index (χ1v) is 7.65. The SMILES string of the molecule is COc1ccc(CC(C)C(=O)Nc2cc(C3CC3)[nH]n2)cc1. The molecule has 0 radical (unpaired) electrons. The van der Waals surface area contributed by atoms with Crippen LogP contribution < -0.4 is 10.1 Å². The van der Waals surface area contributed by atoms with Crippen LogP contribution in [0.4, 0.5) is 5.82 Å². The molecule has 0 aliphatic heterocycles. The number of nitrogens with zero attached hydrogens (tertiary/aromatic N) is 1. The molecule has 1 heterocycles. The maximum atomic E-state index is 12.2. The minimum atomic E-state index is -0.116. The standard InChI is InChI=1S/C17H21N3O2/c1-11(9-12-3-7-14(22-2)8-4-12)17(21)18-16-10-15(19-20-16)13-5-6-13/h3-4,7-8,10-11,13H,5-6,9H2,1-2H3,(H2,18,19,20,21). The molecule has 3 rings (SSSR count). The van der Waals surface area contributed by atoms with Gasteiger partial charge in [0.15, 0.2) is 5.82 Å². The first-order valence-electron chi connectivity index (χ1n) is 7.65. The first kappa shape index (κ1) is 14.6. The minimum Gasteiger partial charge on any atom is -0.497 e. The maximum absolute atomic E-state index is 12.2. The van der Waals surface area contributed by atoms with Gasteiger partial charge in [0, 0.05) is 23.6 Å². The highest BCUT2D eigenvalue weighted by Crippen LogP contribution is 2.39. The predicted molar refractivity (Wildman–Crippen MR) is 85.1 cm³/mol. The Hall–Kier alpha value is -2.30. The summed E-state index contributed by atoms with van der Waals surface area (Å²) in [6.45, 7) is 1.92. The molecule has 116 valence electrons. The molecule has 1 aliphatic carbocycles. The van der Waals surface area contributed by atoms with Gasteiger partial charge in [-0.1, -0.05) is 19.1 Å². The fourth-order valence-electron chi connectivity index (χ4n) is 2.46. The van der Waals surface area contributed by atoms with Crippen LogP contribution in [0, 0.1) is 5.92 Å². The van der Waals surface area contributed by atoms with Gasteiger partial charge in [-0.25, -0.2) is 0 Å². The molecule has 22 heavy (non-hydrogen) atoms. The lowest BCUT2D eigenvalue weighted by Gasteiger charge is -2.11. The second-order valence-corrected chi connectivity index (χ2v) is 5.93. The number of ether oxygens (including phenoxy) is 1. The Kier molecular flexibility index (Phi) is 4.13. The Bertz CT molecular complexity index is 644. The molecule has 1 saturated carbocycles. The molecule has 1 atom stereocenters. The fourth-order valence-corrected chi connectivity index (χ4v) is 2.46. The predicted octanol–water partition coefficient (Wildman–Crippen LogP) is 3.11. The molecule has 0 saturated heterocycles. The van der Waals surface area contributed by atoms with Crippen molar-refractivity contribution in [2.75, 3.05) is 12.4 Å². The first-order chi connectivity index (χ1) is 10.7. The van der Waals surface area contributed by atoms with Gasteiger partial charge in [0.2, 0.25) is 5.91 Å². The van der Waals surface area contributed by atoms with Gasteiger partial charge in [-0.3, -0.25) is 9.89 Å². The highest BCUT2D eigenvalue weighted by molar-refractivity contribution is 5.91. The normalized spacial score (nSPS) is 15.4. The average molecular weight is 299 g/mol. The lowest BCUT2D eigenvalue weighted by Crippen LogP contribution is -2.22. The summed E-state index contributed by atoms with van der Waals surface area (Å²) in [4.78, 5) is 12.2. The van der Waals surface area contributed by atoms with Crippen molar-refractivity contribution in [2.45, 2.75) is 32.1 Å². The lowest BCUT2D eigenvalue weighted by atomic mass is 10.0. The number of anilines is 1. The summed E-state index contributed by atoms with van der Waals surface area (Å²) >= 11 is 0. The van der Waals surface area contributed by atoms with Crippen LogP contribution in [0.1, 0.15) is 36.9 Å². The van der Waals surface area contributed by atoms with Crippen LogP contribution in [-0.4, -0.2) is 23.2 Å². The van der Waals surface area contributed by atoms with Gasteiger partial charge in [0.05, 0.1) is 7.11 Å². The summed E-state index contributed by atoms with van der Waals surface area (Å²) in [6, 6.07) is 9.74. The summed E-state index contributed by atoms with van der Waals surface area (Å²) in [5.41, 5.74) is 2.24. The van der Waals surface area contributed by atoms with Crippen molar-refractivity contribution in [3.63, 3.8) is 0 Å². The minimum absolute atomic E-state index is 0.00957. The van der Waals surface area contributed by atoms with Gasteiger partial charge in [-0.15, -0.1) is 0 Å². The second-order valence-electron chi connectivity index (χ2n) is 5.93. The number of carbonyl (C=O) groups excluding carboxylic acids is 1. The Morgan fingerprint density at radius 3 is 2.77 bits per heavy atom. The van der Waals surface area contributed by atoms with E-state index in [9.17, 15) is 4.79 Å². The molecular formula is C17H21N3O2. The molecule has 0 bridgehead atoms. The van der Waals surface area contributed by atoms with Crippen LogP contribution in [0.3, 0.4) is 0 Å². The molecule has 2 aromatic rings. The molecule has 0 spiro atoms. The molecule has 1 aromatic carbocycles. The molecule has 1 aromatic heterocycles. The number of methoxy groups -OCH3 is 1. The topological polar surface area (TPSA) is 67.0 Å². The largest absolute Gasteiger partial charge is 0.497 e. The number of hydrogen-bond donors (Lipinski definition) is 2. The second kappa shape index (κ2) is 6.22. The molecule has 1 unspecified atom stereocenters. The van der Waals surface area contributed by atoms with Crippen LogP contribution in [0.15, 0.2) is 30.3 Å². The van der Waals surface area contributed by atoms with E-state index >= 15 is 0 Å².